The van der Waals surface area contributed by atoms with Crippen LogP contribution in [-0.4, -0.2) is 35.5 Å². The molecule has 1 rings (SSSR count). The van der Waals surface area contributed by atoms with Crippen molar-refractivity contribution in [2.75, 3.05) is 12.3 Å². The van der Waals surface area contributed by atoms with Crippen molar-refractivity contribution in [3.05, 3.63) is 0 Å². The number of rotatable bonds is 5. The monoisotopic (exact) mass is 257 g/mol. The van der Waals surface area contributed by atoms with Crippen molar-refractivity contribution in [3.63, 3.8) is 0 Å². The Bertz CT molecular complexity index is 281. The normalized spacial score (nSPS) is 21.6. The largest absolute Gasteiger partial charge is 0.354 e. The molecule has 0 fully saturated rings. The van der Waals surface area contributed by atoms with Crippen molar-refractivity contribution in [1.82, 2.24) is 10.6 Å². The van der Waals surface area contributed by atoms with E-state index in [9.17, 15) is 4.79 Å². The summed E-state index contributed by atoms with van der Waals surface area (Å²) in [5.74, 6) is 1.14. The van der Waals surface area contributed by atoms with Crippen molar-refractivity contribution >= 4 is 22.8 Å². The van der Waals surface area contributed by atoms with E-state index in [-0.39, 0.29) is 11.9 Å². The molecule has 0 aromatic heterocycles. The molecule has 17 heavy (non-hydrogen) atoms. The number of amidine groups is 1. The summed E-state index contributed by atoms with van der Waals surface area (Å²) >= 11 is 1.71. The Morgan fingerprint density at radius 3 is 3.00 bits per heavy atom. The molecule has 2 unspecified atom stereocenters. The third kappa shape index (κ3) is 4.98. The lowest BCUT2D eigenvalue weighted by molar-refractivity contribution is -0.122. The number of amides is 1. The Balaban J connectivity index is 2.41. The zero-order valence-electron chi connectivity index (χ0n) is 11.0. The van der Waals surface area contributed by atoms with Crippen molar-refractivity contribution in [2.24, 2.45) is 4.99 Å². The first kappa shape index (κ1) is 14.4. The van der Waals surface area contributed by atoms with Crippen LogP contribution in [0.25, 0.3) is 0 Å². The van der Waals surface area contributed by atoms with Gasteiger partial charge in [-0.05, 0) is 26.2 Å². The maximum absolute atomic E-state index is 11.7. The SMILES string of the molecule is CCCNC(=O)C(C)NC1=NC(CC)CCS1. The van der Waals surface area contributed by atoms with Crippen LogP contribution in [0.15, 0.2) is 4.99 Å². The van der Waals surface area contributed by atoms with Crippen LogP contribution in [0.5, 0.6) is 0 Å². The van der Waals surface area contributed by atoms with Crippen molar-refractivity contribution < 1.29 is 4.79 Å². The van der Waals surface area contributed by atoms with Gasteiger partial charge in [-0.1, -0.05) is 25.6 Å². The summed E-state index contributed by atoms with van der Waals surface area (Å²) in [6.07, 6.45) is 3.18. The average Bonchev–Trinajstić information content (AvgIpc) is 2.36. The molecular formula is C12H23N3OS. The quantitative estimate of drug-likeness (QED) is 0.789. The second-order valence-electron chi connectivity index (χ2n) is 4.29. The third-order valence-electron chi connectivity index (χ3n) is 2.74. The van der Waals surface area contributed by atoms with Crippen LogP contribution in [0, 0.1) is 0 Å². The summed E-state index contributed by atoms with van der Waals surface area (Å²) in [4.78, 5) is 16.3. The average molecular weight is 257 g/mol. The van der Waals surface area contributed by atoms with Gasteiger partial charge in [0.2, 0.25) is 5.91 Å². The van der Waals surface area contributed by atoms with Gasteiger partial charge in [-0.25, -0.2) is 0 Å². The number of hydrogen-bond acceptors (Lipinski definition) is 4. The molecule has 1 heterocycles. The Kier molecular flexibility index (Phi) is 6.40. The molecule has 0 aromatic rings. The first-order valence-electron chi connectivity index (χ1n) is 6.42. The lowest BCUT2D eigenvalue weighted by atomic mass is 10.2. The molecule has 4 nitrogen and oxygen atoms in total. The van der Waals surface area contributed by atoms with Crippen LogP contribution < -0.4 is 10.6 Å². The van der Waals surface area contributed by atoms with Crippen LogP contribution in [0.2, 0.25) is 0 Å². The molecule has 0 aromatic carbocycles. The molecule has 1 amide bonds. The van der Waals surface area contributed by atoms with Crippen LogP contribution in [-0.2, 0) is 4.79 Å². The van der Waals surface area contributed by atoms with E-state index in [4.69, 9.17) is 0 Å². The van der Waals surface area contributed by atoms with Crippen LogP contribution in [0.4, 0.5) is 0 Å². The predicted molar refractivity (Wildman–Crippen MR) is 74.5 cm³/mol. The molecule has 0 aliphatic carbocycles. The minimum absolute atomic E-state index is 0.0498. The molecule has 0 radical (unpaired) electrons. The molecule has 1 aliphatic heterocycles. The number of carbonyl (C=O) groups excluding carboxylic acids is 1. The molecule has 0 saturated heterocycles. The highest BCUT2D eigenvalue weighted by molar-refractivity contribution is 8.13. The number of aliphatic imine (C=N–C) groups is 1. The number of nitrogens with one attached hydrogen (secondary N) is 2. The van der Waals surface area contributed by atoms with E-state index in [2.05, 4.69) is 22.5 Å². The number of thioether (sulfide) groups is 1. The third-order valence-corrected chi connectivity index (χ3v) is 3.68. The van der Waals surface area contributed by atoms with E-state index in [0.717, 1.165) is 36.7 Å². The Labute approximate surface area is 108 Å². The molecule has 1 aliphatic rings. The summed E-state index contributed by atoms with van der Waals surface area (Å²) in [5.41, 5.74) is 0. The Morgan fingerprint density at radius 2 is 2.35 bits per heavy atom. The zero-order chi connectivity index (χ0) is 12.7. The molecule has 5 heteroatoms. The fourth-order valence-corrected chi connectivity index (χ4v) is 2.65. The van der Waals surface area contributed by atoms with Crippen LogP contribution in [0.3, 0.4) is 0 Å². The van der Waals surface area contributed by atoms with Crippen LogP contribution >= 0.6 is 11.8 Å². The van der Waals surface area contributed by atoms with E-state index < -0.39 is 0 Å². The molecule has 98 valence electrons. The summed E-state index contributed by atoms with van der Waals surface area (Å²) in [5, 5.41) is 6.99. The van der Waals surface area contributed by atoms with Gasteiger partial charge in [-0.15, -0.1) is 0 Å². The first-order valence-corrected chi connectivity index (χ1v) is 7.40. The molecule has 0 bridgehead atoms. The van der Waals surface area contributed by atoms with Crippen molar-refractivity contribution in [1.29, 1.82) is 0 Å². The van der Waals surface area contributed by atoms with Gasteiger partial charge in [0.1, 0.15) is 6.04 Å². The molecule has 0 spiro atoms. The smallest absolute Gasteiger partial charge is 0.242 e. The van der Waals surface area contributed by atoms with Gasteiger partial charge in [0.15, 0.2) is 5.17 Å². The highest BCUT2D eigenvalue weighted by Gasteiger charge is 2.18. The van der Waals surface area contributed by atoms with Gasteiger partial charge in [0.25, 0.3) is 0 Å². The molecule has 2 atom stereocenters. The summed E-state index contributed by atoms with van der Waals surface area (Å²) in [7, 11) is 0. The van der Waals surface area contributed by atoms with E-state index in [1.54, 1.807) is 11.8 Å². The van der Waals surface area contributed by atoms with Gasteiger partial charge >= 0.3 is 0 Å². The Hall–Kier alpha value is -0.710. The van der Waals surface area contributed by atoms with Crippen LogP contribution in [0.1, 0.15) is 40.0 Å². The fourth-order valence-electron chi connectivity index (χ4n) is 1.59. The van der Waals surface area contributed by atoms with E-state index >= 15 is 0 Å². The Morgan fingerprint density at radius 1 is 1.59 bits per heavy atom. The second kappa shape index (κ2) is 7.58. The van der Waals surface area contributed by atoms with E-state index in [1.165, 1.54) is 0 Å². The second-order valence-corrected chi connectivity index (χ2v) is 5.37. The first-order chi connectivity index (χ1) is 8.17. The lowest BCUT2D eigenvalue weighted by Gasteiger charge is -2.22. The lowest BCUT2D eigenvalue weighted by Crippen LogP contribution is -2.45. The van der Waals surface area contributed by atoms with Crippen molar-refractivity contribution in [2.45, 2.75) is 52.1 Å². The van der Waals surface area contributed by atoms with Gasteiger partial charge in [0, 0.05) is 12.3 Å². The minimum atomic E-state index is -0.205. The maximum Gasteiger partial charge on any atom is 0.242 e. The fraction of sp³-hybridized carbons (Fsp3) is 0.833. The highest BCUT2D eigenvalue weighted by atomic mass is 32.2. The van der Waals surface area contributed by atoms with Crippen molar-refractivity contribution in [3.8, 4) is 0 Å². The standard InChI is InChI=1S/C12H23N3OS/c1-4-7-13-11(16)9(3)14-12-15-10(5-2)6-8-17-12/h9-10H,4-8H2,1-3H3,(H,13,16)(H,14,15). The molecule has 2 N–H and O–H groups in total. The number of hydrogen-bond donors (Lipinski definition) is 2. The number of carbonyl (C=O) groups is 1. The predicted octanol–water partition coefficient (Wildman–Crippen LogP) is 1.76. The van der Waals surface area contributed by atoms with Gasteiger partial charge < -0.3 is 10.6 Å². The molecule has 0 saturated carbocycles. The van der Waals surface area contributed by atoms with E-state index in [0.29, 0.717) is 6.04 Å². The topological polar surface area (TPSA) is 53.5 Å². The summed E-state index contributed by atoms with van der Waals surface area (Å²) in [6, 6.07) is 0.216. The zero-order valence-corrected chi connectivity index (χ0v) is 11.8. The van der Waals surface area contributed by atoms with Gasteiger partial charge in [-0.2, -0.15) is 0 Å². The highest BCUT2D eigenvalue weighted by Crippen LogP contribution is 2.18. The summed E-state index contributed by atoms with van der Waals surface area (Å²) < 4.78 is 0. The van der Waals surface area contributed by atoms with E-state index in [1.807, 2.05) is 13.8 Å². The maximum atomic E-state index is 11.7. The molecular weight excluding hydrogens is 234 g/mol. The van der Waals surface area contributed by atoms with Gasteiger partial charge in [0.05, 0.1) is 6.04 Å². The van der Waals surface area contributed by atoms with Gasteiger partial charge in [-0.3, -0.25) is 9.79 Å². The minimum Gasteiger partial charge on any atom is -0.354 e. The summed E-state index contributed by atoms with van der Waals surface area (Å²) in [6.45, 7) is 6.82. The number of nitrogens with zero attached hydrogens (tertiary/aromatic N) is 1.